The molecule has 4 saturated carbocycles. The molecule has 0 amide bonds. The second-order valence-electron chi connectivity index (χ2n) is 8.15. The lowest BCUT2D eigenvalue weighted by Crippen LogP contribution is -2.19. The van der Waals surface area contributed by atoms with Crippen molar-refractivity contribution in [2.75, 3.05) is 0 Å². The van der Waals surface area contributed by atoms with Gasteiger partial charge in [-0.1, -0.05) is 19.3 Å². The maximum absolute atomic E-state index is 11.0. The number of aliphatic hydroxyl groups is 1. The highest BCUT2D eigenvalue weighted by molar-refractivity contribution is 5.64. The van der Waals surface area contributed by atoms with Crippen LogP contribution in [0, 0.1) is 65.6 Å². The van der Waals surface area contributed by atoms with Crippen molar-refractivity contribution < 1.29 is 5.11 Å². The number of allylic oxidation sites excluding steroid dienone is 2. The van der Waals surface area contributed by atoms with Crippen LogP contribution in [0.2, 0.25) is 0 Å². The van der Waals surface area contributed by atoms with Crippen LogP contribution in [0.15, 0.2) is 11.5 Å². The lowest BCUT2D eigenvalue weighted by Gasteiger charge is -2.32. The van der Waals surface area contributed by atoms with Gasteiger partial charge >= 0.3 is 5.70 Å². The highest BCUT2D eigenvalue weighted by Crippen LogP contribution is 2.61. The zero-order valence-corrected chi connectivity index (χ0v) is 15.3. The Balaban J connectivity index is 1.62. The lowest BCUT2D eigenvalue weighted by atomic mass is 9.71. The van der Waals surface area contributed by atoms with E-state index >= 15 is 0 Å². The van der Waals surface area contributed by atoms with Crippen LogP contribution in [0.4, 0.5) is 0 Å². The van der Waals surface area contributed by atoms with Gasteiger partial charge in [-0.3, -0.25) is 0 Å². The quantitative estimate of drug-likeness (QED) is 0.550. The molecule has 0 aromatic heterocycles. The molecular formula is C23H25N2O+. The number of diazo groups is 1. The van der Waals surface area contributed by atoms with E-state index in [-0.39, 0.29) is 5.76 Å². The second-order valence-corrected chi connectivity index (χ2v) is 8.15. The molecule has 132 valence electrons. The minimum Gasteiger partial charge on any atom is -0.505 e. The molecule has 4 bridgehead atoms. The minimum atomic E-state index is 0.198. The molecular weight excluding hydrogens is 320 g/mol. The molecule has 1 N–H and O–H groups in total. The summed E-state index contributed by atoms with van der Waals surface area (Å²) in [6, 6.07) is 0. The summed E-state index contributed by atoms with van der Waals surface area (Å²) in [4.78, 5) is 3.49. The first-order chi connectivity index (χ1) is 12.8. The van der Waals surface area contributed by atoms with Gasteiger partial charge in [-0.05, 0) is 99.2 Å². The Bertz CT molecular complexity index is 620. The van der Waals surface area contributed by atoms with E-state index in [1.165, 1.54) is 42.9 Å². The van der Waals surface area contributed by atoms with Crippen LogP contribution in [0.1, 0.15) is 70.6 Å². The van der Waals surface area contributed by atoms with E-state index in [1.807, 2.05) is 0 Å². The fourth-order valence-electron chi connectivity index (χ4n) is 5.55. The zero-order valence-electron chi connectivity index (χ0n) is 15.3. The molecule has 0 aromatic rings. The third kappa shape index (κ3) is 2.71. The van der Waals surface area contributed by atoms with Gasteiger partial charge in [0.15, 0.2) is 10.7 Å². The van der Waals surface area contributed by atoms with Crippen molar-refractivity contribution in [3.05, 3.63) is 76.6 Å². The third-order valence-corrected chi connectivity index (χ3v) is 6.76. The number of aliphatic hydroxyl groups excluding tert-OH is 1. The topological polar surface area (TPSA) is 48.4 Å². The average molecular weight is 345 g/mol. The number of rotatable bonds is 0. The van der Waals surface area contributed by atoms with Crippen molar-refractivity contribution in [3.8, 4) is 0 Å². The number of nitrogens with zero attached hydrogens (tertiary/aromatic N) is 2. The summed E-state index contributed by atoms with van der Waals surface area (Å²) in [5.74, 6) is 11.5. The Hall–Kier alpha value is -1.04. The van der Waals surface area contributed by atoms with Crippen molar-refractivity contribution in [3.63, 3.8) is 0 Å². The smallest absolute Gasteiger partial charge is 0.399 e. The second kappa shape index (κ2) is 6.84. The van der Waals surface area contributed by atoms with Crippen LogP contribution in [0.5, 0.6) is 0 Å². The molecule has 26 heavy (non-hydrogen) atoms. The maximum Gasteiger partial charge on any atom is 0.399 e. The fourth-order valence-corrected chi connectivity index (χ4v) is 5.55. The molecule has 0 heterocycles. The van der Waals surface area contributed by atoms with Crippen LogP contribution in [0.3, 0.4) is 0 Å². The van der Waals surface area contributed by atoms with Crippen LogP contribution < -0.4 is 0 Å². The van der Waals surface area contributed by atoms with Crippen LogP contribution in [-0.2, 0) is 0 Å². The monoisotopic (exact) mass is 345 g/mol. The summed E-state index contributed by atoms with van der Waals surface area (Å²) < 4.78 is 0. The lowest BCUT2D eigenvalue weighted by molar-refractivity contribution is 0.399. The van der Waals surface area contributed by atoms with E-state index < -0.39 is 0 Å². The van der Waals surface area contributed by atoms with Gasteiger partial charge in [0.25, 0.3) is 0 Å². The van der Waals surface area contributed by atoms with Crippen LogP contribution in [-0.4, -0.2) is 5.11 Å². The number of fused-ring (bicyclic) bond motifs is 4. The van der Waals surface area contributed by atoms with Gasteiger partial charge in [-0.15, -0.1) is 0 Å². The predicted octanol–water partition coefficient (Wildman–Crippen LogP) is 5.97. The number of hydrogen-bond acceptors (Lipinski definition) is 2. The van der Waals surface area contributed by atoms with Gasteiger partial charge < -0.3 is 5.11 Å². The Morgan fingerprint density at radius 1 is 0.654 bits per heavy atom. The van der Waals surface area contributed by atoms with Gasteiger partial charge in [0.05, 0.1) is 12.3 Å². The maximum atomic E-state index is 11.0. The molecule has 0 saturated heterocycles. The van der Waals surface area contributed by atoms with Gasteiger partial charge in [0.1, 0.15) is 0 Å². The molecule has 10 radical (unpaired) electrons. The molecule has 5 aliphatic carbocycles. The minimum absolute atomic E-state index is 0.198. The first kappa shape index (κ1) is 17.1. The molecule has 5 rings (SSSR count). The fraction of sp³-hybridized carbons (Fsp3) is 0.478. The van der Waals surface area contributed by atoms with Crippen molar-refractivity contribution in [2.45, 2.75) is 70.6 Å². The van der Waals surface area contributed by atoms with Crippen LogP contribution in [0.25, 0.3) is 4.98 Å². The molecule has 5 aliphatic rings. The Morgan fingerprint density at radius 2 is 1.19 bits per heavy atom. The van der Waals surface area contributed by atoms with Crippen LogP contribution >= 0.6 is 0 Å². The summed E-state index contributed by atoms with van der Waals surface area (Å²) in [5, 5.41) is 20.5. The van der Waals surface area contributed by atoms with E-state index in [1.54, 1.807) is 17.8 Å². The zero-order chi connectivity index (χ0) is 17.7. The molecule has 0 unspecified atom stereocenters. The Labute approximate surface area is 158 Å². The first-order valence-corrected chi connectivity index (χ1v) is 10.1. The molecule has 0 atom stereocenters. The standard InChI is InChI=1S/C23H24N2O/c24-25-22-11-10-16-12-14-4-1-5-15-13-21(23(22)26)20-9-3-7-18(16)17(14)6-2-8-19(15)20/h12-13H,1-11H2/p+1. The highest BCUT2D eigenvalue weighted by Gasteiger charge is 2.52. The van der Waals surface area contributed by atoms with Gasteiger partial charge in [0, 0.05) is 0 Å². The molecule has 0 spiro atoms. The first-order valence-electron chi connectivity index (χ1n) is 10.1. The Morgan fingerprint density at radius 3 is 1.88 bits per heavy atom. The summed E-state index contributed by atoms with van der Waals surface area (Å²) in [5.41, 5.74) is 0.435. The van der Waals surface area contributed by atoms with E-state index in [4.69, 9.17) is 0 Å². The van der Waals surface area contributed by atoms with E-state index in [0.29, 0.717) is 12.1 Å². The van der Waals surface area contributed by atoms with Gasteiger partial charge in [0.2, 0.25) is 5.39 Å². The van der Waals surface area contributed by atoms with Gasteiger partial charge in [-0.2, -0.15) is 0 Å². The summed E-state index contributed by atoms with van der Waals surface area (Å²) in [7, 11) is 0. The molecule has 3 nitrogen and oxygen atoms in total. The van der Waals surface area contributed by atoms with Crippen molar-refractivity contribution >= 4 is 0 Å². The van der Waals surface area contributed by atoms with Crippen molar-refractivity contribution in [1.82, 2.24) is 0 Å². The predicted molar refractivity (Wildman–Crippen MR) is 100 cm³/mol. The normalized spacial score (nSPS) is 31.7. The van der Waals surface area contributed by atoms with Crippen molar-refractivity contribution in [1.29, 1.82) is 5.39 Å². The van der Waals surface area contributed by atoms with E-state index in [0.717, 1.165) is 50.9 Å². The average Bonchev–Trinajstić information content (AvgIpc) is 3.16. The molecule has 4 fully saturated rings. The Kier molecular flexibility index (Phi) is 4.50. The van der Waals surface area contributed by atoms with E-state index in [9.17, 15) is 10.5 Å². The molecule has 3 heteroatoms. The summed E-state index contributed by atoms with van der Waals surface area (Å²) in [6.07, 6.45) is 16.2. The van der Waals surface area contributed by atoms with Crippen molar-refractivity contribution in [2.24, 2.45) is 0 Å². The van der Waals surface area contributed by atoms with Gasteiger partial charge in [-0.25, -0.2) is 0 Å². The number of hydrogen-bond donors (Lipinski definition) is 1. The largest absolute Gasteiger partial charge is 0.505 e. The molecule has 0 aliphatic heterocycles. The SMILES string of the molecule is N#[N+]C1=C(O)[C]2[CH][C]3CCC[C]4[CH][C](CC1)[C]1CCC[C]2[C]3CCC[C]41. The highest BCUT2D eigenvalue weighted by atomic mass is 16.3. The summed E-state index contributed by atoms with van der Waals surface area (Å²) in [6.45, 7) is 0. The third-order valence-electron chi connectivity index (χ3n) is 6.76. The summed E-state index contributed by atoms with van der Waals surface area (Å²) >= 11 is 0. The molecule has 0 aromatic carbocycles. The van der Waals surface area contributed by atoms with E-state index in [2.05, 4.69) is 17.8 Å².